The number of piperazine rings is 1. The third-order valence-electron chi connectivity index (χ3n) is 7.02. The van der Waals surface area contributed by atoms with Gasteiger partial charge in [-0.3, -0.25) is 9.69 Å². The lowest BCUT2D eigenvalue weighted by Crippen LogP contribution is -2.47. The van der Waals surface area contributed by atoms with E-state index in [-0.39, 0.29) is 5.91 Å². The number of rotatable bonds is 9. The molecule has 0 unspecified atom stereocenters. The zero-order valence-corrected chi connectivity index (χ0v) is 19.4. The molecule has 1 aromatic heterocycles. The second kappa shape index (κ2) is 11.9. The quantitative estimate of drug-likeness (QED) is 0.577. The van der Waals surface area contributed by atoms with Gasteiger partial charge in [-0.15, -0.1) is 0 Å². The smallest absolute Gasteiger partial charge is 0.225 e. The standard InChI is InChI=1S/C26H35N5O2/c27-12-2-1-6-25(32)29-23-9-7-21(8-10-23)11-14-30-15-17-31(18-16-30)24-5-3-4-22(20-24)26-28-13-19-33-26/h3-5,13,19-21,23H,1-2,6-11,14-18H2,(H,29,32). The SMILES string of the molecule is N#CCCCC(=O)NC1CCC(CCN2CCN(c3cccc(-c4ncco4)c3)CC2)CC1. The van der Waals surface area contributed by atoms with Crippen LogP contribution in [0.15, 0.2) is 41.1 Å². The van der Waals surface area contributed by atoms with E-state index in [1.54, 1.807) is 12.5 Å². The number of carbonyl (C=O) groups excluding carboxylic acids is 1. The van der Waals surface area contributed by atoms with Gasteiger partial charge in [0.1, 0.15) is 6.26 Å². The van der Waals surface area contributed by atoms with Gasteiger partial charge in [0.15, 0.2) is 0 Å². The molecular formula is C26H35N5O2. The van der Waals surface area contributed by atoms with Crippen LogP contribution in [0.5, 0.6) is 0 Å². The maximum Gasteiger partial charge on any atom is 0.225 e. The second-order valence-electron chi connectivity index (χ2n) is 9.30. The van der Waals surface area contributed by atoms with Crippen molar-refractivity contribution >= 4 is 11.6 Å². The number of hydrogen-bond donors (Lipinski definition) is 1. The summed E-state index contributed by atoms with van der Waals surface area (Å²) in [5, 5.41) is 11.8. The predicted octanol–water partition coefficient (Wildman–Crippen LogP) is 4.22. The number of amides is 1. The van der Waals surface area contributed by atoms with Crippen molar-refractivity contribution < 1.29 is 9.21 Å². The largest absolute Gasteiger partial charge is 0.445 e. The Bertz CT molecular complexity index is 907. The highest BCUT2D eigenvalue weighted by Gasteiger charge is 2.24. The summed E-state index contributed by atoms with van der Waals surface area (Å²) in [6.45, 7) is 5.44. The lowest BCUT2D eigenvalue weighted by atomic mass is 9.84. The first-order valence-electron chi connectivity index (χ1n) is 12.3. The lowest BCUT2D eigenvalue weighted by molar-refractivity contribution is -0.122. The molecule has 4 rings (SSSR count). The van der Waals surface area contributed by atoms with Gasteiger partial charge in [-0.1, -0.05) is 6.07 Å². The Morgan fingerprint density at radius 2 is 2.00 bits per heavy atom. The van der Waals surface area contributed by atoms with E-state index in [0.717, 1.165) is 50.5 Å². The molecule has 2 aromatic rings. The molecule has 1 N–H and O–H groups in total. The minimum Gasteiger partial charge on any atom is -0.445 e. The van der Waals surface area contributed by atoms with Gasteiger partial charge < -0.3 is 14.6 Å². The number of nitrogens with zero attached hydrogens (tertiary/aromatic N) is 4. The maximum absolute atomic E-state index is 12.0. The van der Waals surface area contributed by atoms with Crippen molar-refractivity contribution in [2.45, 2.75) is 57.4 Å². The molecule has 0 radical (unpaired) electrons. The fourth-order valence-electron chi connectivity index (χ4n) is 5.02. The molecular weight excluding hydrogens is 414 g/mol. The van der Waals surface area contributed by atoms with E-state index in [2.05, 4.69) is 44.4 Å². The highest BCUT2D eigenvalue weighted by Crippen LogP contribution is 2.28. The molecule has 0 bridgehead atoms. The molecule has 33 heavy (non-hydrogen) atoms. The van der Waals surface area contributed by atoms with Crippen molar-refractivity contribution in [3.8, 4) is 17.5 Å². The van der Waals surface area contributed by atoms with E-state index in [9.17, 15) is 4.79 Å². The van der Waals surface area contributed by atoms with Crippen LogP contribution < -0.4 is 10.2 Å². The third-order valence-corrected chi connectivity index (χ3v) is 7.02. The monoisotopic (exact) mass is 449 g/mol. The predicted molar refractivity (Wildman–Crippen MR) is 129 cm³/mol. The van der Waals surface area contributed by atoms with E-state index in [1.807, 2.05) is 6.07 Å². The van der Waals surface area contributed by atoms with Gasteiger partial charge in [0.2, 0.25) is 11.8 Å². The van der Waals surface area contributed by atoms with Crippen molar-refractivity contribution in [2.24, 2.45) is 5.92 Å². The molecule has 1 aliphatic heterocycles. The fraction of sp³-hybridized carbons (Fsp3) is 0.577. The van der Waals surface area contributed by atoms with Crippen LogP contribution >= 0.6 is 0 Å². The first-order valence-corrected chi connectivity index (χ1v) is 12.3. The number of benzene rings is 1. The van der Waals surface area contributed by atoms with Crippen LogP contribution in [-0.2, 0) is 4.79 Å². The summed E-state index contributed by atoms with van der Waals surface area (Å²) in [5.41, 5.74) is 2.26. The Kier molecular flexibility index (Phi) is 8.37. The fourth-order valence-corrected chi connectivity index (χ4v) is 5.02. The summed E-state index contributed by atoms with van der Waals surface area (Å²) in [4.78, 5) is 21.3. The molecule has 2 aliphatic rings. The Labute approximate surface area is 196 Å². The first-order chi connectivity index (χ1) is 16.2. The summed E-state index contributed by atoms with van der Waals surface area (Å²) in [7, 11) is 0. The molecule has 7 heteroatoms. The summed E-state index contributed by atoms with van der Waals surface area (Å²) in [5.74, 6) is 1.55. The van der Waals surface area contributed by atoms with Crippen molar-refractivity contribution in [3.05, 3.63) is 36.7 Å². The zero-order valence-electron chi connectivity index (χ0n) is 19.4. The van der Waals surface area contributed by atoms with Gasteiger partial charge in [-0.25, -0.2) is 4.98 Å². The highest BCUT2D eigenvalue weighted by atomic mass is 16.3. The molecule has 1 aromatic carbocycles. The Hall–Kier alpha value is -2.85. The summed E-state index contributed by atoms with van der Waals surface area (Å²) in [6.07, 6.45) is 10.7. The third kappa shape index (κ3) is 6.82. The Balaban J connectivity index is 1.14. The van der Waals surface area contributed by atoms with Crippen molar-refractivity contribution in [2.75, 3.05) is 37.6 Å². The number of unbranched alkanes of at least 4 members (excludes halogenated alkanes) is 1. The number of carbonyl (C=O) groups is 1. The normalized spacial score (nSPS) is 21.5. The number of nitriles is 1. The summed E-state index contributed by atoms with van der Waals surface area (Å²) in [6, 6.07) is 10.9. The van der Waals surface area contributed by atoms with Crippen LogP contribution in [0.2, 0.25) is 0 Å². The van der Waals surface area contributed by atoms with Crippen LogP contribution in [0.3, 0.4) is 0 Å². The van der Waals surface area contributed by atoms with E-state index >= 15 is 0 Å². The molecule has 2 fully saturated rings. The molecule has 7 nitrogen and oxygen atoms in total. The average Bonchev–Trinajstić information content (AvgIpc) is 3.39. The van der Waals surface area contributed by atoms with Crippen LogP contribution in [-0.4, -0.2) is 54.6 Å². The number of aromatic nitrogens is 1. The van der Waals surface area contributed by atoms with Crippen LogP contribution in [0.25, 0.3) is 11.5 Å². The minimum atomic E-state index is 0.109. The molecule has 1 saturated heterocycles. The number of anilines is 1. The summed E-state index contributed by atoms with van der Waals surface area (Å²) >= 11 is 0. The molecule has 2 heterocycles. The topological polar surface area (TPSA) is 85.4 Å². The Morgan fingerprint density at radius 1 is 1.18 bits per heavy atom. The lowest BCUT2D eigenvalue weighted by Gasteiger charge is -2.37. The summed E-state index contributed by atoms with van der Waals surface area (Å²) < 4.78 is 5.44. The van der Waals surface area contributed by atoms with Gasteiger partial charge in [0.25, 0.3) is 0 Å². The molecule has 1 aliphatic carbocycles. The maximum atomic E-state index is 12.0. The minimum absolute atomic E-state index is 0.109. The number of oxazole rings is 1. The van der Waals surface area contributed by atoms with Crippen molar-refractivity contribution in [1.29, 1.82) is 5.26 Å². The van der Waals surface area contributed by atoms with Crippen LogP contribution in [0.4, 0.5) is 5.69 Å². The van der Waals surface area contributed by atoms with Gasteiger partial charge in [-0.2, -0.15) is 5.26 Å². The van der Waals surface area contributed by atoms with E-state index in [0.29, 0.717) is 31.2 Å². The molecule has 0 atom stereocenters. The highest BCUT2D eigenvalue weighted by molar-refractivity contribution is 5.76. The van der Waals surface area contributed by atoms with Gasteiger partial charge in [0, 0.05) is 56.3 Å². The van der Waals surface area contributed by atoms with E-state index in [4.69, 9.17) is 9.68 Å². The van der Waals surface area contributed by atoms with Gasteiger partial charge >= 0.3 is 0 Å². The average molecular weight is 450 g/mol. The van der Waals surface area contributed by atoms with Gasteiger partial charge in [0.05, 0.1) is 12.3 Å². The van der Waals surface area contributed by atoms with E-state index < -0.39 is 0 Å². The molecule has 176 valence electrons. The van der Waals surface area contributed by atoms with Crippen LogP contribution in [0.1, 0.15) is 51.4 Å². The van der Waals surface area contributed by atoms with E-state index in [1.165, 1.54) is 31.5 Å². The molecule has 1 amide bonds. The number of hydrogen-bond acceptors (Lipinski definition) is 6. The van der Waals surface area contributed by atoms with Gasteiger partial charge in [-0.05, 0) is 69.2 Å². The Morgan fingerprint density at radius 3 is 2.73 bits per heavy atom. The van der Waals surface area contributed by atoms with Crippen molar-refractivity contribution in [3.63, 3.8) is 0 Å². The molecule has 0 spiro atoms. The van der Waals surface area contributed by atoms with Crippen LogP contribution in [0, 0.1) is 17.2 Å². The number of nitrogens with one attached hydrogen (secondary N) is 1. The zero-order chi connectivity index (χ0) is 22.9. The second-order valence-corrected chi connectivity index (χ2v) is 9.30. The van der Waals surface area contributed by atoms with Crippen molar-refractivity contribution in [1.82, 2.24) is 15.2 Å². The molecule has 1 saturated carbocycles. The first kappa shape index (κ1) is 23.3.